The van der Waals surface area contributed by atoms with Crippen LogP contribution in [0.3, 0.4) is 0 Å². The van der Waals surface area contributed by atoms with Crippen LogP contribution in [-0.2, 0) is 11.2 Å². The molecule has 0 aliphatic rings. The van der Waals surface area contributed by atoms with Crippen LogP contribution in [0.25, 0.3) is 0 Å². The van der Waals surface area contributed by atoms with Crippen LogP contribution in [0.15, 0.2) is 72.8 Å². The minimum Gasteiger partial charge on any atom is -0.349 e. The second-order valence-electron chi connectivity index (χ2n) is 6.61. The number of nitrogens with one attached hydrogen (secondary N) is 2. The molecule has 0 saturated carbocycles. The van der Waals surface area contributed by atoms with Gasteiger partial charge in [0.25, 0.3) is 5.91 Å². The average Bonchev–Trinajstić information content (AvgIpc) is 2.71. The molecule has 148 valence electrons. The van der Waals surface area contributed by atoms with Crippen LogP contribution in [-0.4, -0.2) is 11.8 Å². The van der Waals surface area contributed by atoms with Crippen molar-refractivity contribution in [3.8, 4) is 0 Å². The Morgan fingerprint density at radius 1 is 1.00 bits per heavy atom. The van der Waals surface area contributed by atoms with Crippen LogP contribution < -0.4 is 10.6 Å². The maximum absolute atomic E-state index is 13.9. The molecular formula is C23H20ClFN2O2. The Balaban J connectivity index is 1.65. The van der Waals surface area contributed by atoms with Crippen LogP contribution in [0.2, 0.25) is 5.02 Å². The van der Waals surface area contributed by atoms with Crippen molar-refractivity contribution in [2.24, 2.45) is 0 Å². The Morgan fingerprint density at radius 3 is 2.45 bits per heavy atom. The second kappa shape index (κ2) is 9.34. The zero-order valence-corrected chi connectivity index (χ0v) is 16.5. The van der Waals surface area contributed by atoms with Gasteiger partial charge in [-0.3, -0.25) is 9.59 Å². The lowest BCUT2D eigenvalue weighted by molar-refractivity contribution is -0.121. The molecule has 2 N–H and O–H groups in total. The zero-order valence-electron chi connectivity index (χ0n) is 15.8. The van der Waals surface area contributed by atoms with E-state index in [-0.39, 0.29) is 34.9 Å². The van der Waals surface area contributed by atoms with Gasteiger partial charge in [-0.05, 0) is 48.9 Å². The topological polar surface area (TPSA) is 58.2 Å². The minimum atomic E-state index is -0.508. The van der Waals surface area contributed by atoms with Crippen LogP contribution in [0.5, 0.6) is 0 Å². The Morgan fingerprint density at radius 2 is 1.72 bits per heavy atom. The van der Waals surface area contributed by atoms with Gasteiger partial charge in [0.05, 0.1) is 12.5 Å². The van der Waals surface area contributed by atoms with E-state index in [1.54, 1.807) is 48.5 Å². The molecule has 0 aromatic heterocycles. The van der Waals surface area contributed by atoms with Gasteiger partial charge >= 0.3 is 0 Å². The summed E-state index contributed by atoms with van der Waals surface area (Å²) in [5, 5.41) is 5.90. The maximum atomic E-state index is 13.9. The number of halogens is 2. The number of amides is 2. The van der Waals surface area contributed by atoms with E-state index in [2.05, 4.69) is 10.6 Å². The van der Waals surface area contributed by atoms with Gasteiger partial charge in [0.2, 0.25) is 5.91 Å². The van der Waals surface area contributed by atoms with Crippen molar-refractivity contribution in [1.29, 1.82) is 0 Å². The fourth-order valence-electron chi connectivity index (χ4n) is 2.92. The van der Waals surface area contributed by atoms with E-state index in [0.29, 0.717) is 11.3 Å². The van der Waals surface area contributed by atoms with Crippen molar-refractivity contribution >= 4 is 29.1 Å². The van der Waals surface area contributed by atoms with Crippen LogP contribution in [0, 0.1) is 5.82 Å². The third-order valence-electron chi connectivity index (χ3n) is 4.46. The largest absolute Gasteiger partial charge is 0.349 e. The molecule has 1 atom stereocenters. The van der Waals surface area contributed by atoms with E-state index in [9.17, 15) is 14.0 Å². The van der Waals surface area contributed by atoms with Gasteiger partial charge in [-0.2, -0.15) is 0 Å². The number of hydrogen-bond acceptors (Lipinski definition) is 2. The molecular weight excluding hydrogens is 391 g/mol. The van der Waals surface area contributed by atoms with E-state index >= 15 is 0 Å². The molecule has 0 fully saturated rings. The van der Waals surface area contributed by atoms with E-state index in [1.807, 2.05) is 19.1 Å². The first-order chi connectivity index (χ1) is 13.9. The molecule has 2 amide bonds. The number of hydrogen-bond donors (Lipinski definition) is 2. The SMILES string of the molecule is CC(NC(=O)Cc1c(F)cccc1Cl)c1cccc(NC(=O)c2ccccc2)c1. The molecule has 0 bridgehead atoms. The minimum absolute atomic E-state index is 0.152. The van der Waals surface area contributed by atoms with Gasteiger partial charge in [0.1, 0.15) is 5.82 Å². The predicted molar refractivity (Wildman–Crippen MR) is 113 cm³/mol. The molecule has 29 heavy (non-hydrogen) atoms. The van der Waals surface area contributed by atoms with Gasteiger partial charge < -0.3 is 10.6 Å². The highest BCUT2D eigenvalue weighted by Gasteiger charge is 2.15. The molecule has 1 unspecified atom stereocenters. The van der Waals surface area contributed by atoms with Gasteiger partial charge in [-0.15, -0.1) is 0 Å². The summed E-state index contributed by atoms with van der Waals surface area (Å²) in [6, 6.07) is 20.1. The number of carbonyl (C=O) groups excluding carboxylic acids is 2. The summed E-state index contributed by atoms with van der Waals surface area (Å²) in [5.41, 5.74) is 2.15. The van der Waals surface area contributed by atoms with E-state index in [1.165, 1.54) is 12.1 Å². The van der Waals surface area contributed by atoms with Gasteiger partial charge in [-0.1, -0.05) is 48.0 Å². The van der Waals surface area contributed by atoms with Gasteiger partial charge in [0, 0.05) is 21.8 Å². The summed E-state index contributed by atoms with van der Waals surface area (Å²) in [5.74, 6) is -1.07. The van der Waals surface area contributed by atoms with Gasteiger partial charge in [-0.25, -0.2) is 4.39 Å². The lowest BCUT2D eigenvalue weighted by Crippen LogP contribution is -2.28. The zero-order chi connectivity index (χ0) is 20.8. The monoisotopic (exact) mass is 410 g/mol. The molecule has 4 nitrogen and oxygen atoms in total. The van der Waals surface area contributed by atoms with Gasteiger partial charge in [0.15, 0.2) is 0 Å². The van der Waals surface area contributed by atoms with E-state index in [4.69, 9.17) is 11.6 Å². The summed E-state index contributed by atoms with van der Waals surface area (Å²) in [6.45, 7) is 1.82. The van der Waals surface area contributed by atoms with Crippen molar-refractivity contribution in [2.75, 3.05) is 5.32 Å². The Labute approximate surface area is 173 Å². The maximum Gasteiger partial charge on any atom is 0.255 e. The van der Waals surface area contributed by atoms with Crippen molar-refractivity contribution in [1.82, 2.24) is 5.32 Å². The standard InChI is InChI=1S/C23H20ClFN2O2/c1-15(26-22(28)14-19-20(24)11-6-12-21(19)25)17-9-5-10-18(13-17)27-23(29)16-7-3-2-4-8-16/h2-13,15H,14H2,1H3,(H,26,28)(H,27,29). The molecule has 3 aromatic rings. The second-order valence-corrected chi connectivity index (χ2v) is 7.02. The predicted octanol–water partition coefficient (Wildman–Crippen LogP) is 5.15. The first-order valence-electron chi connectivity index (χ1n) is 9.12. The third-order valence-corrected chi connectivity index (χ3v) is 4.81. The van der Waals surface area contributed by atoms with E-state index in [0.717, 1.165) is 5.56 Å². The summed E-state index contributed by atoms with van der Waals surface area (Å²) in [7, 11) is 0. The Bertz CT molecular complexity index is 1000. The lowest BCUT2D eigenvalue weighted by atomic mass is 10.1. The molecule has 0 heterocycles. The van der Waals surface area contributed by atoms with Crippen molar-refractivity contribution < 1.29 is 14.0 Å². The van der Waals surface area contributed by atoms with Crippen molar-refractivity contribution in [3.63, 3.8) is 0 Å². The molecule has 0 aliphatic heterocycles. The van der Waals surface area contributed by atoms with Crippen LogP contribution in [0.4, 0.5) is 10.1 Å². The summed E-state index contributed by atoms with van der Waals surface area (Å²) in [6.07, 6.45) is -0.152. The number of benzene rings is 3. The number of anilines is 1. The summed E-state index contributed by atoms with van der Waals surface area (Å²) in [4.78, 5) is 24.7. The Kier molecular flexibility index (Phi) is 6.62. The fraction of sp³-hybridized carbons (Fsp3) is 0.130. The molecule has 0 aliphatic carbocycles. The van der Waals surface area contributed by atoms with Crippen LogP contribution in [0.1, 0.15) is 34.5 Å². The highest BCUT2D eigenvalue weighted by Crippen LogP contribution is 2.21. The molecule has 6 heteroatoms. The molecule has 0 radical (unpaired) electrons. The van der Waals surface area contributed by atoms with E-state index < -0.39 is 5.82 Å². The summed E-state index contributed by atoms with van der Waals surface area (Å²) < 4.78 is 13.9. The summed E-state index contributed by atoms with van der Waals surface area (Å²) >= 11 is 5.99. The quantitative estimate of drug-likeness (QED) is 0.590. The highest BCUT2D eigenvalue weighted by molar-refractivity contribution is 6.31. The first kappa shape index (κ1) is 20.6. The average molecular weight is 411 g/mol. The van der Waals surface area contributed by atoms with Crippen LogP contribution >= 0.6 is 11.6 Å². The lowest BCUT2D eigenvalue weighted by Gasteiger charge is -2.16. The normalized spacial score (nSPS) is 11.6. The third kappa shape index (κ3) is 5.42. The number of rotatable bonds is 6. The smallest absolute Gasteiger partial charge is 0.255 e. The fourth-order valence-corrected chi connectivity index (χ4v) is 3.15. The molecule has 3 aromatic carbocycles. The van der Waals surface area contributed by atoms with Crippen molar-refractivity contribution in [3.05, 3.63) is 100 Å². The number of carbonyl (C=O) groups is 2. The molecule has 3 rings (SSSR count). The molecule has 0 spiro atoms. The Hall–Kier alpha value is -3.18. The molecule has 0 saturated heterocycles. The first-order valence-corrected chi connectivity index (χ1v) is 9.50. The van der Waals surface area contributed by atoms with Crippen molar-refractivity contribution in [2.45, 2.75) is 19.4 Å². The highest BCUT2D eigenvalue weighted by atomic mass is 35.5.